The summed E-state index contributed by atoms with van der Waals surface area (Å²) in [5, 5.41) is 19.8. The van der Waals surface area contributed by atoms with Crippen LogP contribution in [-0.2, 0) is 0 Å². The summed E-state index contributed by atoms with van der Waals surface area (Å²) in [7, 11) is 1.69. The van der Waals surface area contributed by atoms with Gasteiger partial charge in [0.25, 0.3) is 5.69 Å². The standard InChI is InChI=1S/C12H14N2O4/c1-8(2)7-13(3)10-5-4-9(12(15)16)6-11(10)14(17)18/h4-6H,1,7H2,2-3H3,(H,15,16). The molecule has 0 aliphatic carbocycles. The van der Waals surface area contributed by atoms with Gasteiger partial charge in [0.15, 0.2) is 0 Å². The minimum Gasteiger partial charge on any atom is -0.478 e. The highest BCUT2D eigenvalue weighted by Gasteiger charge is 2.19. The lowest BCUT2D eigenvalue weighted by Crippen LogP contribution is -2.20. The minimum absolute atomic E-state index is 0.103. The van der Waals surface area contributed by atoms with Crippen LogP contribution in [0.5, 0.6) is 0 Å². The maximum absolute atomic E-state index is 11.0. The van der Waals surface area contributed by atoms with E-state index in [1.807, 2.05) is 6.92 Å². The second-order valence-corrected chi connectivity index (χ2v) is 4.08. The average molecular weight is 250 g/mol. The van der Waals surface area contributed by atoms with Gasteiger partial charge in [0, 0.05) is 19.7 Å². The molecule has 0 bridgehead atoms. The lowest BCUT2D eigenvalue weighted by molar-refractivity contribution is -0.384. The van der Waals surface area contributed by atoms with Gasteiger partial charge < -0.3 is 10.0 Å². The van der Waals surface area contributed by atoms with Gasteiger partial charge in [-0.2, -0.15) is 0 Å². The van der Waals surface area contributed by atoms with Crippen molar-refractivity contribution in [1.29, 1.82) is 0 Å². The van der Waals surface area contributed by atoms with E-state index in [9.17, 15) is 14.9 Å². The van der Waals surface area contributed by atoms with E-state index in [0.29, 0.717) is 12.2 Å². The summed E-state index contributed by atoms with van der Waals surface area (Å²) in [6.45, 7) is 6.01. The minimum atomic E-state index is -1.19. The van der Waals surface area contributed by atoms with E-state index in [1.54, 1.807) is 11.9 Å². The van der Waals surface area contributed by atoms with E-state index < -0.39 is 10.9 Å². The van der Waals surface area contributed by atoms with Crippen LogP contribution >= 0.6 is 0 Å². The number of likely N-dealkylation sites (N-methyl/N-ethyl adjacent to an activating group) is 1. The van der Waals surface area contributed by atoms with Gasteiger partial charge in [-0.05, 0) is 19.1 Å². The van der Waals surface area contributed by atoms with E-state index in [-0.39, 0.29) is 11.3 Å². The Morgan fingerprint density at radius 3 is 2.61 bits per heavy atom. The van der Waals surface area contributed by atoms with Crippen LogP contribution in [0.2, 0.25) is 0 Å². The van der Waals surface area contributed by atoms with Gasteiger partial charge in [0.1, 0.15) is 5.69 Å². The molecule has 0 heterocycles. The molecule has 1 aromatic carbocycles. The number of nitrogens with zero attached hydrogens (tertiary/aromatic N) is 2. The summed E-state index contributed by atoms with van der Waals surface area (Å²) in [4.78, 5) is 22.8. The summed E-state index contributed by atoms with van der Waals surface area (Å²) in [5.41, 5.74) is 0.898. The molecule has 0 unspecified atom stereocenters. The van der Waals surface area contributed by atoms with Crippen molar-refractivity contribution in [3.8, 4) is 0 Å². The highest BCUT2D eigenvalue weighted by Crippen LogP contribution is 2.28. The number of rotatable bonds is 5. The van der Waals surface area contributed by atoms with Crippen molar-refractivity contribution in [3.63, 3.8) is 0 Å². The largest absolute Gasteiger partial charge is 0.478 e. The first-order valence-corrected chi connectivity index (χ1v) is 5.20. The summed E-state index contributed by atoms with van der Waals surface area (Å²) in [5.74, 6) is -1.19. The Balaban J connectivity index is 3.23. The number of nitro benzene ring substituents is 1. The van der Waals surface area contributed by atoms with Gasteiger partial charge in [0.2, 0.25) is 0 Å². The summed E-state index contributed by atoms with van der Waals surface area (Å²) in [6, 6.07) is 3.84. The van der Waals surface area contributed by atoms with E-state index in [2.05, 4.69) is 6.58 Å². The Kier molecular flexibility index (Phi) is 4.04. The number of carboxylic acids is 1. The number of hydrogen-bond acceptors (Lipinski definition) is 4. The Morgan fingerprint density at radius 2 is 2.17 bits per heavy atom. The van der Waals surface area contributed by atoms with E-state index >= 15 is 0 Å². The molecule has 0 fully saturated rings. The van der Waals surface area contributed by atoms with Gasteiger partial charge in [-0.1, -0.05) is 12.2 Å². The van der Waals surface area contributed by atoms with Gasteiger partial charge >= 0.3 is 5.97 Å². The highest BCUT2D eigenvalue weighted by atomic mass is 16.6. The molecular formula is C12H14N2O4. The van der Waals surface area contributed by atoms with Crippen molar-refractivity contribution in [2.45, 2.75) is 6.92 Å². The molecule has 18 heavy (non-hydrogen) atoms. The van der Waals surface area contributed by atoms with E-state index in [1.165, 1.54) is 12.1 Å². The molecule has 0 atom stereocenters. The molecule has 0 radical (unpaired) electrons. The molecule has 1 N–H and O–H groups in total. The normalized spacial score (nSPS) is 9.89. The summed E-state index contributed by atoms with van der Waals surface area (Å²) >= 11 is 0. The zero-order valence-corrected chi connectivity index (χ0v) is 10.2. The topological polar surface area (TPSA) is 83.7 Å². The van der Waals surface area contributed by atoms with Crippen molar-refractivity contribution in [3.05, 3.63) is 46.0 Å². The van der Waals surface area contributed by atoms with Crippen LogP contribution in [0.25, 0.3) is 0 Å². The third kappa shape index (κ3) is 3.07. The first-order chi connectivity index (χ1) is 8.32. The van der Waals surface area contributed by atoms with Crippen LogP contribution in [0.1, 0.15) is 17.3 Å². The first-order valence-electron chi connectivity index (χ1n) is 5.20. The van der Waals surface area contributed by atoms with Crippen LogP contribution < -0.4 is 4.90 Å². The molecule has 96 valence electrons. The Labute approximate surface area is 104 Å². The van der Waals surface area contributed by atoms with Crippen molar-refractivity contribution < 1.29 is 14.8 Å². The number of benzene rings is 1. The molecule has 1 aromatic rings. The van der Waals surface area contributed by atoms with Crippen LogP contribution in [0.3, 0.4) is 0 Å². The third-order valence-corrected chi connectivity index (χ3v) is 2.34. The fraction of sp³-hybridized carbons (Fsp3) is 0.250. The number of carbonyl (C=O) groups is 1. The number of nitro groups is 1. The molecule has 1 rings (SSSR count). The molecule has 0 saturated carbocycles. The Hall–Kier alpha value is -2.37. The first kappa shape index (κ1) is 13.7. The Morgan fingerprint density at radius 1 is 1.56 bits per heavy atom. The van der Waals surface area contributed by atoms with Crippen molar-refractivity contribution in [1.82, 2.24) is 0 Å². The number of carboxylic acid groups (broad SMARTS) is 1. The monoisotopic (exact) mass is 250 g/mol. The lowest BCUT2D eigenvalue weighted by Gasteiger charge is -2.19. The summed E-state index contributed by atoms with van der Waals surface area (Å²) < 4.78 is 0. The zero-order valence-electron chi connectivity index (χ0n) is 10.2. The predicted octanol–water partition coefficient (Wildman–Crippen LogP) is 2.31. The molecule has 0 aliphatic rings. The second kappa shape index (κ2) is 5.31. The Bertz CT molecular complexity index is 511. The lowest BCUT2D eigenvalue weighted by atomic mass is 10.1. The van der Waals surface area contributed by atoms with Gasteiger partial charge in [0.05, 0.1) is 10.5 Å². The van der Waals surface area contributed by atoms with Crippen LogP contribution in [0, 0.1) is 10.1 Å². The molecule has 0 aromatic heterocycles. The maximum atomic E-state index is 11.0. The number of aromatic carboxylic acids is 1. The number of hydrogen-bond donors (Lipinski definition) is 1. The smallest absolute Gasteiger partial charge is 0.335 e. The molecule has 0 amide bonds. The van der Waals surface area contributed by atoms with E-state index in [4.69, 9.17) is 5.11 Å². The fourth-order valence-corrected chi connectivity index (χ4v) is 1.62. The number of anilines is 1. The molecular weight excluding hydrogens is 236 g/mol. The summed E-state index contributed by atoms with van der Waals surface area (Å²) in [6.07, 6.45) is 0. The highest BCUT2D eigenvalue weighted by molar-refractivity contribution is 5.89. The van der Waals surface area contributed by atoms with Crippen LogP contribution in [0.15, 0.2) is 30.4 Å². The van der Waals surface area contributed by atoms with Crippen molar-refractivity contribution >= 4 is 17.3 Å². The zero-order chi connectivity index (χ0) is 13.9. The molecule has 0 saturated heterocycles. The van der Waals surface area contributed by atoms with Crippen molar-refractivity contribution in [2.75, 3.05) is 18.5 Å². The van der Waals surface area contributed by atoms with Crippen LogP contribution in [-0.4, -0.2) is 29.6 Å². The molecule has 0 spiro atoms. The maximum Gasteiger partial charge on any atom is 0.335 e. The SMILES string of the molecule is C=C(C)CN(C)c1ccc(C(=O)O)cc1[N+](=O)[O-]. The van der Waals surface area contributed by atoms with Crippen molar-refractivity contribution in [2.24, 2.45) is 0 Å². The van der Waals surface area contributed by atoms with Gasteiger partial charge in [-0.3, -0.25) is 10.1 Å². The molecule has 6 heteroatoms. The molecule has 0 aliphatic heterocycles. The average Bonchev–Trinajstić information content (AvgIpc) is 2.26. The third-order valence-electron chi connectivity index (χ3n) is 2.34. The van der Waals surface area contributed by atoms with Gasteiger partial charge in [-0.15, -0.1) is 0 Å². The van der Waals surface area contributed by atoms with E-state index in [0.717, 1.165) is 11.6 Å². The predicted molar refractivity (Wildman–Crippen MR) is 68.1 cm³/mol. The van der Waals surface area contributed by atoms with Crippen LogP contribution in [0.4, 0.5) is 11.4 Å². The fourth-order valence-electron chi connectivity index (χ4n) is 1.62. The second-order valence-electron chi connectivity index (χ2n) is 4.08. The quantitative estimate of drug-likeness (QED) is 0.492. The molecule has 6 nitrogen and oxygen atoms in total. The van der Waals surface area contributed by atoms with Gasteiger partial charge in [-0.25, -0.2) is 4.79 Å².